The van der Waals surface area contributed by atoms with Gasteiger partial charge in [0.2, 0.25) is 5.91 Å². The van der Waals surface area contributed by atoms with Crippen molar-refractivity contribution in [1.29, 1.82) is 0 Å². The standard InChI is InChI=1S/C11H14N4O2/c12-9-3-4-13-6-8(9)11(17)14-5-7-1-2-10(16)15-7/h3-4,6-7H,1-2,5H2,(H2,12,13)(H,14,17)(H,15,16). The lowest BCUT2D eigenvalue weighted by Crippen LogP contribution is -2.38. The van der Waals surface area contributed by atoms with E-state index >= 15 is 0 Å². The molecule has 1 atom stereocenters. The van der Waals surface area contributed by atoms with Crippen LogP contribution in [0.1, 0.15) is 23.2 Å². The number of nitrogens with two attached hydrogens (primary N) is 1. The molecular weight excluding hydrogens is 220 g/mol. The van der Waals surface area contributed by atoms with Gasteiger partial charge >= 0.3 is 0 Å². The van der Waals surface area contributed by atoms with Crippen LogP contribution >= 0.6 is 0 Å². The molecule has 1 aliphatic heterocycles. The van der Waals surface area contributed by atoms with E-state index in [1.165, 1.54) is 12.4 Å². The number of amides is 2. The number of anilines is 1. The number of hydrogen-bond donors (Lipinski definition) is 3. The summed E-state index contributed by atoms with van der Waals surface area (Å²) in [5.41, 5.74) is 6.41. The number of nitrogen functional groups attached to an aromatic ring is 1. The molecule has 0 saturated carbocycles. The third kappa shape index (κ3) is 2.72. The van der Waals surface area contributed by atoms with Crippen LogP contribution in [0.2, 0.25) is 0 Å². The average Bonchev–Trinajstić information content (AvgIpc) is 2.73. The van der Waals surface area contributed by atoms with Gasteiger partial charge in [0.25, 0.3) is 5.91 Å². The molecule has 6 nitrogen and oxygen atoms in total. The van der Waals surface area contributed by atoms with Crippen LogP contribution < -0.4 is 16.4 Å². The second kappa shape index (κ2) is 4.82. The fraction of sp³-hybridized carbons (Fsp3) is 0.364. The van der Waals surface area contributed by atoms with Crippen molar-refractivity contribution >= 4 is 17.5 Å². The number of hydrogen-bond acceptors (Lipinski definition) is 4. The molecular formula is C11H14N4O2. The van der Waals surface area contributed by atoms with Gasteiger partial charge in [-0.1, -0.05) is 0 Å². The van der Waals surface area contributed by atoms with Crippen molar-refractivity contribution in [3.05, 3.63) is 24.0 Å². The van der Waals surface area contributed by atoms with Gasteiger partial charge in [-0.3, -0.25) is 14.6 Å². The summed E-state index contributed by atoms with van der Waals surface area (Å²) >= 11 is 0. The molecule has 2 heterocycles. The second-order valence-corrected chi connectivity index (χ2v) is 3.98. The van der Waals surface area contributed by atoms with Gasteiger partial charge in [-0.2, -0.15) is 0 Å². The van der Waals surface area contributed by atoms with Crippen molar-refractivity contribution < 1.29 is 9.59 Å². The number of carbonyl (C=O) groups excluding carboxylic acids is 2. The molecule has 2 amide bonds. The molecule has 17 heavy (non-hydrogen) atoms. The molecule has 2 rings (SSSR count). The smallest absolute Gasteiger partial charge is 0.255 e. The first-order chi connectivity index (χ1) is 8.16. The molecule has 6 heteroatoms. The average molecular weight is 234 g/mol. The monoisotopic (exact) mass is 234 g/mol. The minimum absolute atomic E-state index is 0.0179. The number of nitrogens with zero attached hydrogens (tertiary/aromatic N) is 1. The van der Waals surface area contributed by atoms with Crippen molar-refractivity contribution in [3.63, 3.8) is 0 Å². The summed E-state index contributed by atoms with van der Waals surface area (Å²) in [5, 5.41) is 5.50. The van der Waals surface area contributed by atoms with Gasteiger partial charge in [-0.15, -0.1) is 0 Å². The van der Waals surface area contributed by atoms with Crippen molar-refractivity contribution in [2.45, 2.75) is 18.9 Å². The molecule has 1 aromatic rings. The molecule has 4 N–H and O–H groups in total. The topological polar surface area (TPSA) is 97.1 Å². The zero-order valence-electron chi connectivity index (χ0n) is 9.27. The third-order valence-electron chi connectivity index (χ3n) is 2.69. The number of carbonyl (C=O) groups is 2. The number of pyridine rings is 1. The van der Waals surface area contributed by atoms with Gasteiger partial charge < -0.3 is 16.4 Å². The highest BCUT2D eigenvalue weighted by molar-refractivity contribution is 5.98. The van der Waals surface area contributed by atoms with E-state index in [0.717, 1.165) is 6.42 Å². The Labute approximate surface area is 98.6 Å². The maximum absolute atomic E-state index is 11.8. The van der Waals surface area contributed by atoms with Gasteiger partial charge in [0.1, 0.15) is 0 Å². The second-order valence-electron chi connectivity index (χ2n) is 3.98. The van der Waals surface area contributed by atoms with Crippen LogP contribution in [0, 0.1) is 0 Å². The summed E-state index contributed by atoms with van der Waals surface area (Å²) in [6.45, 7) is 0.416. The van der Waals surface area contributed by atoms with Gasteiger partial charge in [0.15, 0.2) is 0 Å². The van der Waals surface area contributed by atoms with Crippen LogP contribution in [0.25, 0.3) is 0 Å². The molecule has 1 saturated heterocycles. The highest BCUT2D eigenvalue weighted by Gasteiger charge is 2.21. The zero-order chi connectivity index (χ0) is 12.3. The minimum Gasteiger partial charge on any atom is -0.398 e. The Morgan fingerprint density at radius 3 is 3.12 bits per heavy atom. The molecule has 1 aromatic heterocycles. The van der Waals surface area contributed by atoms with Crippen LogP contribution in [0.3, 0.4) is 0 Å². The molecule has 1 aliphatic rings. The van der Waals surface area contributed by atoms with E-state index in [2.05, 4.69) is 15.6 Å². The molecule has 0 bridgehead atoms. The lowest BCUT2D eigenvalue weighted by Gasteiger charge is -2.11. The molecule has 1 unspecified atom stereocenters. The Morgan fingerprint density at radius 1 is 1.65 bits per heavy atom. The maximum Gasteiger partial charge on any atom is 0.255 e. The van der Waals surface area contributed by atoms with Crippen LogP contribution in [0.5, 0.6) is 0 Å². The Kier molecular flexibility index (Phi) is 3.22. The summed E-state index contributed by atoms with van der Waals surface area (Å²) in [6.07, 6.45) is 4.23. The van der Waals surface area contributed by atoms with E-state index in [9.17, 15) is 9.59 Å². The van der Waals surface area contributed by atoms with Crippen molar-refractivity contribution in [2.24, 2.45) is 0 Å². The lowest BCUT2D eigenvalue weighted by atomic mass is 10.2. The Balaban J connectivity index is 1.90. The molecule has 1 fully saturated rings. The number of nitrogens with one attached hydrogen (secondary N) is 2. The summed E-state index contributed by atoms with van der Waals surface area (Å²) < 4.78 is 0. The predicted octanol–water partition coefficient (Wildman–Crippen LogP) is -0.328. The highest BCUT2D eigenvalue weighted by atomic mass is 16.2. The van der Waals surface area contributed by atoms with E-state index in [4.69, 9.17) is 5.73 Å². The quantitative estimate of drug-likeness (QED) is 0.667. The van der Waals surface area contributed by atoms with Crippen LogP contribution in [-0.4, -0.2) is 29.4 Å². The SMILES string of the molecule is Nc1ccncc1C(=O)NCC1CCC(=O)N1. The third-order valence-corrected chi connectivity index (χ3v) is 2.69. The maximum atomic E-state index is 11.8. The number of aromatic nitrogens is 1. The first kappa shape index (κ1) is 11.4. The van der Waals surface area contributed by atoms with Crippen molar-refractivity contribution in [3.8, 4) is 0 Å². The molecule has 90 valence electrons. The fourth-order valence-corrected chi connectivity index (χ4v) is 1.74. The number of rotatable bonds is 3. The van der Waals surface area contributed by atoms with Gasteiger partial charge in [-0.25, -0.2) is 0 Å². The van der Waals surface area contributed by atoms with E-state index in [1.807, 2.05) is 0 Å². The van der Waals surface area contributed by atoms with Gasteiger partial charge in [0, 0.05) is 37.1 Å². The molecule has 0 aliphatic carbocycles. The van der Waals surface area contributed by atoms with Gasteiger partial charge in [0.05, 0.1) is 5.56 Å². The van der Waals surface area contributed by atoms with Crippen molar-refractivity contribution in [2.75, 3.05) is 12.3 Å². The fourth-order valence-electron chi connectivity index (χ4n) is 1.74. The largest absolute Gasteiger partial charge is 0.398 e. The van der Waals surface area contributed by atoms with Gasteiger partial charge in [-0.05, 0) is 12.5 Å². The molecule has 0 aromatic carbocycles. The van der Waals surface area contributed by atoms with Crippen LogP contribution in [0.4, 0.5) is 5.69 Å². The van der Waals surface area contributed by atoms with Crippen LogP contribution in [-0.2, 0) is 4.79 Å². The lowest BCUT2D eigenvalue weighted by molar-refractivity contribution is -0.119. The normalized spacial score (nSPS) is 18.8. The van der Waals surface area contributed by atoms with E-state index in [-0.39, 0.29) is 17.9 Å². The summed E-state index contributed by atoms with van der Waals surface area (Å²) in [6, 6.07) is 1.59. The summed E-state index contributed by atoms with van der Waals surface area (Å²) in [7, 11) is 0. The summed E-state index contributed by atoms with van der Waals surface area (Å²) in [5.74, 6) is -0.234. The molecule has 0 radical (unpaired) electrons. The Bertz CT molecular complexity index is 447. The Hall–Kier alpha value is -2.11. The molecule has 0 spiro atoms. The predicted molar refractivity (Wildman–Crippen MR) is 62.1 cm³/mol. The first-order valence-corrected chi connectivity index (χ1v) is 5.44. The highest BCUT2D eigenvalue weighted by Crippen LogP contribution is 2.09. The van der Waals surface area contributed by atoms with Crippen molar-refractivity contribution in [1.82, 2.24) is 15.6 Å². The van der Waals surface area contributed by atoms with Crippen LogP contribution in [0.15, 0.2) is 18.5 Å². The first-order valence-electron chi connectivity index (χ1n) is 5.44. The van der Waals surface area contributed by atoms with E-state index < -0.39 is 0 Å². The summed E-state index contributed by atoms with van der Waals surface area (Å²) in [4.78, 5) is 26.6. The van der Waals surface area contributed by atoms with E-state index in [1.54, 1.807) is 6.07 Å². The Morgan fingerprint density at radius 2 is 2.47 bits per heavy atom. The van der Waals surface area contributed by atoms with E-state index in [0.29, 0.717) is 24.2 Å². The minimum atomic E-state index is -0.267. The zero-order valence-corrected chi connectivity index (χ0v) is 9.27.